The maximum Gasteiger partial charge on any atom is 0.333 e. The SMILES string of the molecule is C=C(C)C(=O)OCC.C=CC#N.C=CC(=O)O. The zero-order chi connectivity index (χ0) is 14.3. The maximum atomic E-state index is 10.4. The van der Waals surface area contributed by atoms with E-state index in [9.17, 15) is 9.59 Å². The molecular formula is C12H17NO4. The second kappa shape index (κ2) is 16.1. The van der Waals surface area contributed by atoms with E-state index in [1.165, 1.54) is 6.08 Å². The summed E-state index contributed by atoms with van der Waals surface area (Å²) in [4.78, 5) is 19.7. The van der Waals surface area contributed by atoms with Gasteiger partial charge in [-0.15, -0.1) is 0 Å². The summed E-state index contributed by atoms with van der Waals surface area (Å²) in [6.07, 6.45) is 2.01. The van der Waals surface area contributed by atoms with Gasteiger partial charge in [-0.3, -0.25) is 0 Å². The van der Waals surface area contributed by atoms with Crippen molar-refractivity contribution in [3.8, 4) is 6.07 Å². The molecule has 0 aromatic rings. The molecule has 0 aliphatic carbocycles. The molecule has 0 aromatic heterocycles. The molecule has 0 bridgehead atoms. The van der Waals surface area contributed by atoms with Crippen LogP contribution in [0.3, 0.4) is 0 Å². The molecule has 5 heteroatoms. The minimum absolute atomic E-state index is 0.312. The Morgan fingerprint density at radius 1 is 1.47 bits per heavy atom. The molecule has 0 aromatic carbocycles. The lowest BCUT2D eigenvalue weighted by Crippen LogP contribution is -2.03. The third-order valence-electron chi connectivity index (χ3n) is 0.890. The quantitative estimate of drug-likeness (QED) is 0.463. The number of carboxylic acids is 1. The summed E-state index contributed by atoms with van der Waals surface area (Å²) < 4.78 is 4.56. The lowest BCUT2D eigenvalue weighted by molar-refractivity contribution is -0.138. The van der Waals surface area contributed by atoms with Crippen molar-refractivity contribution >= 4 is 11.9 Å². The van der Waals surface area contributed by atoms with Gasteiger partial charge in [0.25, 0.3) is 0 Å². The number of carboxylic acid groups (broad SMARTS) is 1. The van der Waals surface area contributed by atoms with Gasteiger partial charge in [0, 0.05) is 17.7 Å². The molecule has 0 atom stereocenters. The van der Waals surface area contributed by atoms with Gasteiger partial charge in [-0.2, -0.15) is 5.26 Å². The summed E-state index contributed by atoms with van der Waals surface area (Å²) >= 11 is 0. The van der Waals surface area contributed by atoms with E-state index in [2.05, 4.69) is 24.5 Å². The molecule has 0 saturated carbocycles. The smallest absolute Gasteiger partial charge is 0.333 e. The van der Waals surface area contributed by atoms with Gasteiger partial charge in [-0.05, 0) is 13.8 Å². The first-order valence-corrected chi connectivity index (χ1v) is 4.55. The summed E-state index contributed by atoms with van der Waals surface area (Å²) in [5, 5.41) is 15.1. The first kappa shape index (κ1) is 20.1. The molecule has 0 amide bonds. The van der Waals surface area contributed by atoms with Crippen LogP contribution in [0.5, 0.6) is 0 Å². The minimum Gasteiger partial charge on any atom is -0.478 e. The van der Waals surface area contributed by atoms with Gasteiger partial charge in [0.2, 0.25) is 0 Å². The summed E-state index contributed by atoms with van der Waals surface area (Å²) in [5.74, 6) is -1.29. The van der Waals surface area contributed by atoms with Crippen LogP contribution in [-0.2, 0) is 14.3 Å². The number of hydrogen-bond acceptors (Lipinski definition) is 4. The van der Waals surface area contributed by atoms with Crippen molar-refractivity contribution in [2.75, 3.05) is 6.61 Å². The van der Waals surface area contributed by atoms with Gasteiger partial charge in [0.05, 0.1) is 12.7 Å². The number of carbonyl (C=O) groups is 2. The molecule has 0 saturated heterocycles. The van der Waals surface area contributed by atoms with E-state index in [-0.39, 0.29) is 5.97 Å². The highest BCUT2D eigenvalue weighted by atomic mass is 16.5. The summed E-state index contributed by atoms with van der Waals surface area (Å²) in [7, 11) is 0. The Hall–Kier alpha value is -2.35. The minimum atomic E-state index is -0.981. The van der Waals surface area contributed by atoms with Crippen LogP contribution in [0.15, 0.2) is 37.5 Å². The van der Waals surface area contributed by atoms with Gasteiger partial charge < -0.3 is 9.84 Å². The van der Waals surface area contributed by atoms with Gasteiger partial charge in [0.1, 0.15) is 0 Å². The third kappa shape index (κ3) is 31.7. The van der Waals surface area contributed by atoms with Crippen LogP contribution >= 0.6 is 0 Å². The molecule has 1 N–H and O–H groups in total. The largest absolute Gasteiger partial charge is 0.478 e. The lowest BCUT2D eigenvalue weighted by atomic mass is 10.4. The number of esters is 1. The number of rotatable bonds is 3. The third-order valence-corrected chi connectivity index (χ3v) is 0.890. The molecule has 0 aliphatic rings. The average molecular weight is 239 g/mol. The fourth-order valence-corrected chi connectivity index (χ4v) is 0.254. The highest BCUT2D eigenvalue weighted by Crippen LogP contribution is 1.89. The topological polar surface area (TPSA) is 87.4 Å². The van der Waals surface area contributed by atoms with Crippen LogP contribution in [0.2, 0.25) is 0 Å². The molecule has 0 unspecified atom stereocenters. The fourth-order valence-electron chi connectivity index (χ4n) is 0.254. The zero-order valence-electron chi connectivity index (χ0n) is 10.1. The first-order valence-electron chi connectivity index (χ1n) is 4.55. The van der Waals surface area contributed by atoms with Gasteiger partial charge in [0.15, 0.2) is 0 Å². The highest BCUT2D eigenvalue weighted by Gasteiger charge is 1.98. The number of nitriles is 1. The van der Waals surface area contributed by atoms with Crippen molar-refractivity contribution in [2.24, 2.45) is 0 Å². The highest BCUT2D eigenvalue weighted by molar-refractivity contribution is 5.86. The summed E-state index contributed by atoms with van der Waals surface area (Å²) in [6, 6.07) is 1.69. The molecule has 0 heterocycles. The van der Waals surface area contributed by atoms with E-state index in [4.69, 9.17) is 10.4 Å². The number of ether oxygens (including phenoxy) is 1. The second-order valence-electron chi connectivity index (χ2n) is 2.38. The van der Waals surface area contributed by atoms with E-state index in [0.717, 1.165) is 6.08 Å². The standard InChI is InChI=1S/C6H10O2.C3H3N.C3H4O2/c1-4-8-6(7)5(2)3;1-2-3-4;1-2-3(4)5/h2,4H2,1,3H3;2H,1H2;2H,1H2,(H,4,5). The molecule has 5 nitrogen and oxygen atoms in total. The maximum absolute atomic E-state index is 10.4. The Morgan fingerprint density at radius 3 is 1.88 bits per heavy atom. The van der Waals surface area contributed by atoms with Gasteiger partial charge >= 0.3 is 11.9 Å². The Morgan fingerprint density at radius 2 is 1.82 bits per heavy atom. The molecule has 0 spiro atoms. The van der Waals surface area contributed by atoms with E-state index in [1.807, 2.05) is 0 Å². The number of carbonyl (C=O) groups excluding carboxylic acids is 1. The molecular weight excluding hydrogens is 222 g/mol. The molecule has 0 rings (SSSR count). The molecule has 0 aliphatic heterocycles. The molecule has 0 radical (unpaired) electrons. The number of nitrogens with zero attached hydrogens (tertiary/aromatic N) is 1. The van der Waals surface area contributed by atoms with Crippen molar-refractivity contribution in [3.05, 3.63) is 37.5 Å². The van der Waals surface area contributed by atoms with Crippen LogP contribution < -0.4 is 0 Å². The normalized spacial score (nSPS) is 6.65. The fraction of sp³-hybridized carbons (Fsp3) is 0.250. The molecule has 94 valence electrons. The van der Waals surface area contributed by atoms with Crippen molar-refractivity contribution in [2.45, 2.75) is 13.8 Å². The van der Waals surface area contributed by atoms with Crippen molar-refractivity contribution in [3.63, 3.8) is 0 Å². The van der Waals surface area contributed by atoms with Crippen molar-refractivity contribution in [1.29, 1.82) is 5.26 Å². The van der Waals surface area contributed by atoms with Crippen LogP contribution in [-0.4, -0.2) is 23.7 Å². The van der Waals surface area contributed by atoms with Crippen LogP contribution in [0.4, 0.5) is 0 Å². The van der Waals surface area contributed by atoms with E-state index in [0.29, 0.717) is 12.2 Å². The number of hydrogen-bond donors (Lipinski definition) is 1. The van der Waals surface area contributed by atoms with Crippen LogP contribution in [0.25, 0.3) is 0 Å². The van der Waals surface area contributed by atoms with Crippen LogP contribution in [0, 0.1) is 11.3 Å². The van der Waals surface area contributed by atoms with Crippen molar-refractivity contribution in [1.82, 2.24) is 0 Å². The van der Waals surface area contributed by atoms with Crippen LogP contribution in [0.1, 0.15) is 13.8 Å². The van der Waals surface area contributed by atoms with Gasteiger partial charge in [-0.25, -0.2) is 9.59 Å². The average Bonchev–Trinajstić information content (AvgIpc) is 2.30. The monoisotopic (exact) mass is 239 g/mol. The summed E-state index contributed by atoms with van der Waals surface area (Å²) in [5.41, 5.74) is 0.451. The first-order chi connectivity index (χ1) is 7.87. The second-order valence-corrected chi connectivity index (χ2v) is 2.38. The summed E-state index contributed by atoms with van der Waals surface area (Å²) in [6.45, 7) is 13.3. The zero-order valence-corrected chi connectivity index (χ0v) is 10.1. The molecule has 0 fully saturated rings. The Balaban J connectivity index is -0.000000188. The Kier molecular flexibility index (Phi) is 19.0. The Labute approximate surface area is 101 Å². The predicted molar refractivity (Wildman–Crippen MR) is 65.1 cm³/mol. The number of allylic oxidation sites excluding steroid dienone is 1. The molecule has 17 heavy (non-hydrogen) atoms. The predicted octanol–water partition coefficient (Wildman–Crippen LogP) is 2.08. The van der Waals surface area contributed by atoms with E-state index < -0.39 is 5.97 Å². The van der Waals surface area contributed by atoms with E-state index >= 15 is 0 Å². The van der Waals surface area contributed by atoms with Gasteiger partial charge in [-0.1, -0.05) is 19.7 Å². The lowest BCUT2D eigenvalue weighted by Gasteiger charge is -1.96. The van der Waals surface area contributed by atoms with Crippen molar-refractivity contribution < 1.29 is 19.4 Å². The van der Waals surface area contributed by atoms with E-state index in [1.54, 1.807) is 19.9 Å². The number of aliphatic carboxylic acids is 1. The Bertz CT molecular complexity index is 313.